The van der Waals surface area contributed by atoms with E-state index < -0.39 is 5.41 Å². The summed E-state index contributed by atoms with van der Waals surface area (Å²) in [5, 5.41) is 3.12. The van der Waals surface area contributed by atoms with Crippen LogP contribution in [0.4, 0.5) is 17.1 Å². The zero-order valence-electron chi connectivity index (χ0n) is 32.9. The van der Waals surface area contributed by atoms with Crippen LogP contribution >= 0.6 is 23.4 Å². The van der Waals surface area contributed by atoms with E-state index in [9.17, 15) is 0 Å². The Labute approximate surface area is 359 Å². The third-order valence-corrected chi connectivity index (χ3v) is 14.5. The van der Waals surface area contributed by atoms with Crippen LogP contribution in [0.3, 0.4) is 0 Å². The minimum Gasteiger partial charge on any atom is -0.455 e. The molecule has 0 fully saturated rings. The van der Waals surface area contributed by atoms with Crippen molar-refractivity contribution in [2.75, 3.05) is 4.90 Å². The number of nitrogens with zero attached hydrogens (tertiary/aromatic N) is 1. The molecule has 2 aliphatic carbocycles. The monoisotopic (exact) mass is 807 g/mol. The van der Waals surface area contributed by atoms with Gasteiger partial charge in [-0.1, -0.05) is 176 Å². The molecule has 0 radical (unpaired) electrons. The summed E-state index contributed by atoms with van der Waals surface area (Å²) in [5.41, 5.74) is 16.9. The molecule has 0 N–H and O–H groups in total. The molecule has 0 amide bonds. The molecule has 4 heteroatoms. The van der Waals surface area contributed by atoms with Gasteiger partial charge < -0.3 is 9.32 Å². The van der Waals surface area contributed by atoms with Gasteiger partial charge in [-0.2, -0.15) is 0 Å². The van der Waals surface area contributed by atoms with Gasteiger partial charge in [-0.05, 0) is 116 Å². The quantitative estimate of drug-likeness (QED) is 0.172. The molecule has 8 aromatic carbocycles. The molecule has 1 atom stereocenters. The number of rotatable bonds is 5. The zero-order chi connectivity index (χ0) is 40.0. The highest BCUT2D eigenvalue weighted by Crippen LogP contribution is 2.64. The van der Waals surface area contributed by atoms with Crippen molar-refractivity contribution < 1.29 is 4.42 Å². The van der Waals surface area contributed by atoms with Gasteiger partial charge in [0.05, 0.1) is 5.41 Å². The van der Waals surface area contributed by atoms with Crippen LogP contribution in [0.25, 0.3) is 55.3 Å². The number of fused-ring (bicyclic) bond motifs is 11. The molecule has 1 aliphatic heterocycles. The van der Waals surface area contributed by atoms with E-state index in [2.05, 4.69) is 200 Å². The molecule has 9 aromatic rings. The zero-order valence-corrected chi connectivity index (χ0v) is 34.5. The van der Waals surface area contributed by atoms with Crippen molar-refractivity contribution in [2.24, 2.45) is 5.92 Å². The Morgan fingerprint density at radius 3 is 1.97 bits per heavy atom. The number of allylic oxidation sites excluding steroid dienone is 4. The van der Waals surface area contributed by atoms with Crippen LogP contribution in [0.15, 0.2) is 219 Å². The van der Waals surface area contributed by atoms with Crippen LogP contribution in [-0.2, 0) is 5.41 Å². The summed E-state index contributed by atoms with van der Waals surface area (Å²) in [5.74, 6) is 0.247. The van der Waals surface area contributed by atoms with Crippen LogP contribution in [0.1, 0.15) is 30.0 Å². The third kappa shape index (κ3) is 5.29. The molecular weight excluding hydrogens is 770 g/mol. The van der Waals surface area contributed by atoms with Crippen LogP contribution < -0.4 is 4.90 Å². The lowest BCUT2D eigenvalue weighted by molar-refractivity contribution is 0.662. The molecule has 2 nitrogen and oxygen atoms in total. The number of halogens is 1. The van der Waals surface area contributed by atoms with E-state index in [4.69, 9.17) is 16.0 Å². The van der Waals surface area contributed by atoms with Gasteiger partial charge in [-0.3, -0.25) is 0 Å². The molecular formula is C56H38ClNOS. The molecule has 0 bridgehead atoms. The summed E-state index contributed by atoms with van der Waals surface area (Å²) >= 11 is 9.04. The van der Waals surface area contributed by atoms with Crippen molar-refractivity contribution in [3.8, 4) is 33.4 Å². The predicted octanol–water partition coefficient (Wildman–Crippen LogP) is 16.2. The van der Waals surface area contributed by atoms with E-state index in [1.165, 1.54) is 48.8 Å². The van der Waals surface area contributed by atoms with Gasteiger partial charge in [0, 0.05) is 43.3 Å². The van der Waals surface area contributed by atoms with Crippen LogP contribution in [-0.4, -0.2) is 0 Å². The van der Waals surface area contributed by atoms with Gasteiger partial charge in [0.1, 0.15) is 11.2 Å². The first-order valence-corrected chi connectivity index (χ1v) is 21.8. The molecule has 2 heterocycles. The number of anilines is 3. The van der Waals surface area contributed by atoms with Crippen LogP contribution in [0.5, 0.6) is 0 Å². The van der Waals surface area contributed by atoms with Crippen molar-refractivity contribution in [1.29, 1.82) is 0 Å². The Hall–Kier alpha value is -6.52. The molecule has 286 valence electrons. The summed E-state index contributed by atoms with van der Waals surface area (Å²) in [6, 6.07) is 68.4. The minimum atomic E-state index is -0.491. The Balaban J connectivity index is 1.13. The SMILES string of the molecule is CC1CC2=C(C=C1Cl)C1(c3ccc(N(c4cccc(-c5ccccc5)c4)c4cc(-c5ccccc5)c5oc6ccccc6c5c4)cc3S2)c2ccccc2-c2ccccc21. The van der Waals surface area contributed by atoms with E-state index in [1.807, 2.05) is 17.8 Å². The molecule has 3 aliphatic rings. The lowest BCUT2D eigenvalue weighted by Gasteiger charge is -2.43. The van der Waals surface area contributed by atoms with E-state index in [-0.39, 0.29) is 5.92 Å². The number of furan rings is 1. The van der Waals surface area contributed by atoms with Crippen molar-refractivity contribution in [3.63, 3.8) is 0 Å². The Morgan fingerprint density at radius 2 is 1.20 bits per heavy atom. The first-order valence-electron chi connectivity index (χ1n) is 20.6. The predicted molar refractivity (Wildman–Crippen MR) is 252 cm³/mol. The average molecular weight is 808 g/mol. The molecule has 0 saturated carbocycles. The molecule has 60 heavy (non-hydrogen) atoms. The standard InChI is InChI=1S/C56H38ClNOS/c1-35-29-53-50(34-51(35)57)56(47-24-11-8-21-42(47)43-22-9-12-25-48(43)56)49-28-27-40(33-54(49)60-53)58(39-20-14-19-38(30-39)36-15-4-2-5-16-36)41-31-45(37-17-6-3-7-18-37)55-46(32-41)44-23-10-13-26-52(44)59-55/h2-28,30-35H,29H2,1H3. The number of para-hydroxylation sites is 1. The van der Waals surface area contributed by atoms with Crippen molar-refractivity contribution in [3.05, 3.63) is 226 Å². The third-order valence-electron chi connectivity index (χ3n) is 12.8. The van der Waals surface area contributed by atoms with Crippen molar-refractivity contribution >= 4 is 62.4 Å². The largest absolute Gasteiger partial charge is 0.455 e. The molecule has 1 aromatic heterocycles. The second kappa shape index (κ2) is 13.8. The Morgan fingerprint density at radius 1 is 0.550 bits per heavy atom. The summed E-state index contributed by atoms with van der Waals surface area (Å²) in [4.78, 5) is 5.09. The van der Waals surface area contributed by atoms with Gasteiger partial charge in [0.15, 0.2) is 0 Å². The summed E-state index contributed by atoms with van der Waals surface area (Å²) in [6.07, 6.45) is 3.20. The second-order valence-electron chi connectivity index (χ2n) is 16.2. The molecule has 1 spiro atoms. The maximum absolute atomic E-state index is 7.12. The summed E-state index contributed by atoms with van der Waals surface area (Å²) in [6.45, 7) is 2.25. The normalized spacial score (nSPS) is 16.0. The molecule has 0 saturated heterocycles. The van der Waals surface area contributed by atoms with E-state index >= 15 is 0 Å². The second-order valence-corrected chi connectivity index (χ2v) is 17.8. The van der Waals surface area contributed by atoms with Crippen LogP contribution in [0.2, 0.25) is 0 Å². The summed E-state index contributed by atoms with van der Waals surface area (Å²) < 4.78 is 6.67. The first-order chi connectivity index (χ1) is 29.6. The van der Waals surface area contributed by atoms with Gasteiger partial charge in [0.25, 0.3) is 0 Å². The van der Waals surface area contributed by atoms with Gasteiger partial charge >= 0.3 is 0 Å². The number of thioether (sulfide) groups is 1. The van der Waals surface area contributed by atoms with Crippen molar-refractivity contribution in [2.45, 2.75) is 23.7 Å². The van der Waals surface area contributed by atoms with Gasteiger partial charge in [-0.15, -0.1) is 0 Å². The first kappa shape index (κ1) is 35.4. The summed E-state index contributed by atoms with van der Waals surface area (Å²) in [7, 11) is 0. The topological polar surface area (TPSA) is 16.4 Å². The Bertz CT molecular complexity index is 3210. The highest BCUT2D eigenvalue weighted by molar-refractivity contribution is 8.03. The van der Waals surface area contributed by atoms with Gasteiger partial charge in [-0.25, -0.2) is 0 Å². The number of hydrogen-bond acceptors (Lipinski definition) is 3. The highest BCUT2D eigenvalue weighted by atomic mass is 35.5. The fraction of sp³-hybridized carbons (Fsp3) is 0.0714. The van der Waals surface area contributed by atoms with Crippen LogP contribution in [0, 0.1) is 5.92 Å². The Kier molecular flexibility index (Phi) is 8.13. The average Bonchev–Trinajstić information content (AvgIpc) is 3.82. The van der Waals surface area contributed by atoms with E-state index in [0.29, 0.717) is 0 Å². The maximum Gasteiger partial charge on any atom is 0.143 e. The minimum absolute atomic E-state index is 0.247. The van der Waals surface area contributed by atoms with E-state index in [1.54, 1.807) is 0 Å². The van der Waals surface area contributed by atoms with Crippen molar-refractivity contribution in [1.82, 2.24) is 0 Å². The fourth-order valence-corrected chi connectivity index (χ4v) is 11.7. The highest BCUT2D eigenvalue weighted by Gasteiger charge is 2.51. The molecule has 1 unspecified atom stereocenters. The maximum atomic E-state index is 7.12. The smallest absolute Gasteiger partial charge is 0.143 e. The van der Waals surface area contributed by atoms with E-state index in [0.717, 1.165) is 67.1 Å². The molecule has 12 rings (SSSR count). The fourth-order valence-electron chi connectivity index (χ4n) is 10.1. The number of benzene rings is 8. The lowest BCUT2D eigenvalue weighted by atomic mass is 9.65. The number of hydrogen-bond donors (Lipinski definition) is 0. The lowest BCUT2D eigenvalue weighted by Crippen LogP contribution is -2.34. The van der Waals surface area contributed by atoms with Gasteiger partial charge in [0.2, 0.25) is 0 Å².